The molecule has 0 unspecified atom stereocenters. The average Bonchev–Trinajstić information content (AvgIpc) is 2.59. The van der Waals surface area contributed by atoms with Gasteiger partial charge in [0.15, 0.2) is 0 Å². The highest BCUT2D eigenvalue weighted by molar-refractivity contribution is 9.10. The molecule has 1 aliphatic heterocycles. The van der Waals surface area contributed by atoms with Gasteiger partial charge < -0.3 is 19.1 Å². The van der Waals surface area contributed by atoms with Crippen LogP contribution in [0, 0.1) is 5.82 Å². The molecule has 1 fully saturated rings. The molecular weight excluding hydrogens is 417 g/mol. The zero-order valence-corrected chi connectivity index (χ0v) is 17.5. The maximum atomic E-state index is 13.9. The molecule has 0 saturated carbocycles. The Morgan fingerprint density at radius 1 is 1.19 bits per heavy atom. The van der Waals surface area contributed by atoms with Crippen LogP contribution in [0.2, 0.25) is 0 Å². The van der Waals surface area contributed by atoms with Gasteiger partial charge in [-0.05, 0) is 54.9 Å². The number of anilines is 1. The standard InChI is InChI=1S/C19H23BrFN3O3/c1-19(2,3)27-18(26)24-9-7-23(8-10-24)16-13-11-12(21)5-6-14(13)22(4)17(25)15(16)20/h5-6,11H,7-10H2,1-4H3. The molecule has 0 spiro atoms. The van der Waals surface area contributed by atoms with Gasteiger partial charge in [0.05, 0.1) is 11.2 Å². The molecule has 146 valence electrons. The number of piperazine rings is 1. The summed E-state index contributed by atoms with van der Waals surface area (Å²) in [6, 6.07) is 4.40. The number of halogens is 2. The van der Waals surface area contributed by atoms with Crippen LogP contribution in [-0.2, 0) is 11.8 Å². The van der Waals surface area contributed by atoms with Crippen molar-refractivity contribution >= 4 is 38.6 Å². The Morgan fingerprint density at radius 3 is 2.41 bits per heavy atom. The fourth-order valence-electron chi connectivity index (χ4n) is 3.21. The number of carbonyl (C=O) groups is 1. The molecular formula is C19H23BrFN3O3. The lowest BCUT2D eigenvalue weighted by molar-refractivity contribution is 0.0240. The number of benzene rings is 1. The number of hydrogen-bond acceptors (Lipinski definition) is 4. The summed E-state index contributed by atoms with van der Waals surface area (Å²) in [5, 5.41) is 0.662. The van der Waals surface area contributed by atoms with Gasteiger partial charge in [-0.3, -0.25) is 4.79 Å². The third-order valence-corrected chi connectivity index (χ3v) is 5.24. The molecule has 1 saturated heterocycles. The second kappa shape index (κ2) is 7.14. The first-order valence-corrected chi connectivity index (χ1v) is 9.58. The molecule has 8 heteroatoms. The summed E-state index contributed by atoms with van der Waals surface area (Å²) >= 11 is 3.39. The van der Waals surface area contributed by atoms with Crippen LogP contribution in [0.25, 0.3) is 10.9 Å². The van der Waals surface area contributed by atoms with Gasteiger partial charge in [-0.25, -0.2) is 9.18 Å². The van der Waals surface area contributed by atoms with Crippen LogP contribution in [0.4, 0.5) is 14.9 Å². The molecule has 2 aromatic rings. The zero-order valence-electron chi connectivity index (χ0n) is 15.9. The summed E-state index contributed by atoms with van der Waals surface area (Å²) in [5.41, 5.74) is 0.598. The molecule has 1 aliphatic rings. The lowest BCUT2D eigenvalue weighted by atomic mass is 10.1. The Bertz CT molecular complexity index is 944. The molecule has 1 aromatic carbocycles. The number of ether oxygens (including phenoxy) is 1. The number of aryl methyl sites for hydroxylation is 1. The first kappa shape index (κ1) is 19.7. The third kappa shape index (κ3) is 3.95. The fourth-order valence-corrected chi connectivity index (χ4v) is 3.95. The lowest BCUT2D eigenvalue weighted by Crippen LogP contribution is -2.50. The van der Waals surface area contributed by atoms with Crippen molar-refractivity contribution in [2.45, 2.75) is 26.4 Å². The molecule has 0 N–H and O–H groups in total. The Balaban J connectivity index is 1.91. The van der Waals surface area contributed by atoms with E-state index in [1.165, 1.54) is 16.7 Å². The number of carbonyl (C=O) groups excluding carboxylic acids is 1. The number of pyridine rings is 1. The molecule has 0 bridgehead atoms. The van der Waals surface area contributed by atoms with Crippen LogP contribution in [0.15, 0.2) is 27.5 Å². The van der Waals surface area contributed by atoms with E-state index >= 15 is 0 Å². The Morgan fingerprint density at radius 2 is 1.81 bits per heavy atom. The van der Waals surface area contributed by atoms with Gasteiger partial charge in [0.2, 0.25) is 0 Å². The molecule has 6 nitrogen and oxygen atoms in total. The van der Waals surface area contributed by atoms with Crippen molar-refractivity contribution in [3.63, 3.8) is 0 Å². The van der Waals surface area contributed by atoms with E-state index in [9.17, 15) is 14.0 Å². The first-order chi connectivity index (χ1) is 12.6. The van der Waals surface area contributed by atoms with Crippen molar-refractivity contribution in [3.8, 4) is 0 Å². The maximum absolute atomic E-state index is 13.9. The summed E-state index contributed by atoms with van der Waals surface area (Å²) in [5.74, 6) is -0.360. The maximum Gasteiger partial charge on any atom is 0.410 e. The number of fused-ring (bicyclic) bond motifs is 1. The molecule has 0 atom stereocenters. The Labute approximate surface area is 165 Å². The largest absolute Gasteiger partial charge is 0.444 e. The van der Waals surface area contributed by atoms with E-state index in [4.69, 9.17) is 4.74 Å². The van der Waals surface area contributed by atoms with Crippen LogP contribution in [0.5, 0.6) is 0 Å². The smallest absolute Gasteiger partial charge is 0.410 e. The highest BCUT2D eigenvalue weighted by atomic mass is 79.9. The van der Waals surface area contributed by atoms with Crippen LogP contribution in [-0.4, -0.2) is 47.3 Å². The van der Waals surface area contributed by atoms with E-state index in [1.807, 2.05) is 25.7 Å². The topological polar surface area (TPSA) is 54.8 Å². The van der Waals surface area contributed by atoms with Gasteiger partial charge in [-0.1, -0.05) is 0 Å². The van der Waals surface area contributed by atoms with E-state index in [1.54, 1.807) is 18.0 Å². The van der Waals surface area contributed by atoms with Crippen LogP contribution < -0.4 is 10.5 Å². The van der Waals surface area contributed by atoms with Crippen LogP contribution >= 0.6 is 15.9 Å². The molecule has 0 aliphatic carbocycles. The molecule has 0 radical (unpaired) electrons. The van der Waals surface area contributed by atoms with Crippen molar-refractivity contribution in [2.24, 2.45) is 7.05 Å². The highest BCUT2D eigenvalue weighted by Gasteiger charge is 2.28. The summed E-state index contributed by atoms with van der Waals surface area (Å²) < 4.78 is 21.2. The highest BCUT2D eigenvalue weighted by Crippen LogP contribution is 2.33. The minimum absolute atomic E-state index is 0.182. The SMILES string of the molecule is Cn1c(=O)c(Br)c(N2CCN(C(=O)OC(C)(C)C)CC2)c2cc(F)ccc21. The Kier molecular flexibility index (Phi) is 5.20. The van der Waals surface area contributed by atoms with Crippen molar-refractivity contribution in [3.05, 3.63) is 38.8 Å². The molecule has 27 heavy (non-hydrogen) atoms. The van der Waals surface area contributed by atoms with Gasteiger partial charge >= 0.3 is 6.09 Å². The monoisotopic (exact) mass is 439 g/mol. The zero-order chi connectivity index (χ0) is 19.9. The van der Waals surface area contributed by atoms with Gasteiger partial charge in [0.1, 0.15) is 15.9 Å². The van der Waals surface area contributed by atoms with Gasteiger partial charge in [-0.2, -0.15) is 0 Å². The van der Waals surface area contributed by atoms with Gasteiger partial charge in [-0.15, -0.1) is 0 Å². The normalized spacial score (nSPS) is 15.3. The van der Waals surface area contributed by atoms with Crippen molar-refractivity contribution in [1.82, 2.24) is 9.47 Å². The van der Waals surface area contributed by atoms with E-state index in [2.05, 4.69) is 15.9 Å². The van der Waals surface area contributed by atoms with Crippen LogP contribution in [0.3, 0.4) is 0 Å². The molecule has 3 rings (SSSR count). The quantitative estimate of drug-likeness (QED) is 0.682. The second-order valence-corrected chi connectivity index (χ2v) is 8.44. The fraction of sp³-hybridized carbons (Fsp3) is 0.474. The minimum Gasteiger partial charge on any atom is -0.444 e. The summed E-state index contributed by atoms with van der Waals surface area (Å²) in [7, 11) is 1.66. The summed E-state index contributed by atoms with van der Waals surface area (Å²) in [6.07, 6.45) is -0.346. The molecule has 2 heterocycles. The predicted octanol–water partition coefficient (Wildman–Crippen LogP) is 3.50. The van der Waals surface area contributed by atoms with E-state index < -0.39 is 5.60 Å². The summed E-state index contributed by atoms with van der Waals surface area (Å²) in [4.78, 5) is 28.5. The molecule has 1 amide bonds. The van der Waals surface area contributed by atoms with Gasteiger partial charge in [0, 0.05) is 38.6 Å². The second-order valence-electron chi connectivity index (χ2n) is 7.64. The van der Waals surface area contributed by atoms with Crippen molar-refractivity contribution in [1.29, 1.82) is 0 Å². The van der Waals surface area contributed by atoms with Crippen molar-refractivity contribution in [2.75, 3.05) is 31.1 Å². The van der Waals surface area contributed by atoms with E-state index in [-0.39, 0.29) is 17.5 Å². The minimum atomic E-state index is -0.545. The number of nitrogens with zero attached hydrogens (tertiary/aromatic N) is 3. The summed E-state index contributed by atoms with van der Waals surface area (Å²) in [6.45, 7) is 7.48. The lowest BCUT2D eigenvalue weighted by Gasteiger charge is -2.37. The Hall–Kier alpha value is -2.09. The number of rotatable bonds is 1. The van der Waals surface area contributed by atoms with Crippen LogP contribution in [0.1, 0.15) is 20.8 Å². The third-order valence-electron chi connectivity index (χ3n) is 4.52. The predicted molar refractivity (Wildman–Crippen MR) is 107 cm³/mol. The number of amides is 1. The molecule has 1 aromatic heterocycles. The van der Waals surface area contributed by atoms with Gasteiger partial charge in [0.25, 0.3) is 5.56 Å². The number of hydrogen-bond donors (Lipinski definition) is 0. The first-order valence-electron chi connectivity index (χ1n) is 8.79. The van der Waals surface area contributed by atoms with E-state index in [0.717, 1.165) is 0 Å². The van der Waals surface area contributed by atoms with Crippen molar-refractivity contribution < 1.29 is 13.9 Å². The van der Waals surface area contributed by atoms with E-state index in [0.29, 0.717) is 47.2 Å². The average molecular weight is 440 g/mol. The number of aromatic nitrogens is 1.